The molecule has 0 aromatic heterocycles. The van der Waals surface area contributed by atoms with Crippen LogP contribution in [0.3, 0.4) is 0 Å². The molecule has 0 amide bonds. The first-order chi connectivity index (χ1) is 8.35. The number of hydrogen-bond donors (Lipinski definition) is 2. The van der Waals surface area contributed by atoms with E-state index in [0.717, 1.165) is 0 Å². The van der Waals surface area contributed by atoms with Gasteiger partial charge in [0.05, 0.1) is 7.11 Å². The van der Waals surface area contributed by atoms with E-state index in [0.29, 0.717) is 17.7 Å². The maximum absolute atomic E-state index is 12.1. The predicted molar refractivity (Wildman–Crippen MR) is 60.4 cm³/mol. The summed E-state index contributed by atoms with van der Waals surface area (Å²) in [6, 6.07) is 3.49. The highest BCUT2D eigenvalue weighted by Gasteiger charge is 2.31. The second-order valence-electron chi connectivity index (χ2n) is 3.72. The van der Waals surface area contributed by atoms with Crippen molar-refractivity contribution in [2.45, 2.75) is 18.8 Å². The number of ether oxygens (including phenoxy) is 2. The third-order valence-corrected chi connectivity index (χ3v) is 2.27. The summed E-state index contributed by atoms with van der Waals surface area (Å²) in [6.45, 7) is 0.230. The Morgan fingerprint density at radius 2 is 2.00 bits per heavy atom. The predicted octanol–water partition coefficient (Wildman–Crippen LogP) is 1.42. The molecule has 4 nitrogen and oxygen atoms in total. The van der Waals surface area contributed by atoms with E-state index in [2.05, 4.69) is 4.74 Å². The second-order valence-corrected chi connectivity index (χ2v) is 3.72. The summed E-state index contributed by atoms with van der Waals surface area (Å²) in [4.78, 5) is 0. The van der Waals surface area contributed by atoms with Crippen LogP contribution in [0.5, 0.6) is 11.5 Å². The lowest BCUT2D eigenvalue weighted by Gasteiger charge is -2.15. The third-order valence-electron chi connectivity index (χ3n) is 2.27. The van der Waals surface area contributed by atoms with E-state index in [1.807, 2.05) is 0 Å². The minimum atomic E-state index is -4.72. The van der Waals surface area contributed by atoms with Gasteiger partial charge in [0.15, 0.2) is 0 Å². The zero-order valence-electron chi connectivity index (χ0n) is 9.83. The zero-order chi connectivity index (χ0) is 13.8. The first-order valence-electron chi connectivity index (χ1n) is 5.24. The summed E-state index contributed by atoms with van der Waals surface area (Å²) in [5.41, 5.74) is 11.6. The van der Waals surface area contributed by atoms with Gasteiger partial charge in [-0.05, 0) is 30.2 Å². The molecule has 102 valence electrons. The summed E-state index contributed by atoms with van der Waals surface area (Å²) < 4.78 is 45.1. The van der Waals surface area contributed by atoms with E-state index >= 15 is 0 Å². The molecule has 0 radical (unpaired) electrons. The topological polar surface area (TPSA) is 70.5 Å². The standard InChI is InChI=1S/C11H15F3N2O2/c1-17-10-3-2-9(18-11(12,13)14)5-7(10)4-8(16)6-15/h2-3,5,8H,4,6,15-16H2,1H3. The highest BCUT2D eigenvalue weighted by atomic mass is 19.4. The molecule has 1 rings (SSSR count). The molecule has 1 unspecified atom stereocenters. The monoisotopic (exact) mass is 264 g/mol. The molecule has 4 N–H and O–H groups in total. The number of methoxy groups -OCH3 is 1. The van der Waals surface area contributed by atoms with Crippen molar-refractivity contribution in [3.05, 3.63) is 23.8 Å². The van der Waals surface area contributed by atoms with Crippen LogP contribution in [0, 0.1) is 0 Å². The molecule has 0 heterocycles. The summed E-state index contributed by atoms with van der Waals surface area (Å²) in [6.07, 6.45) is -4.41. The van der Waals surface area contributed by atoms with Crippen LogP contribution < -0.4 is 20.9 Å². The van der Waals surface area contributed by atoms with E-state index in [1.165, 1.54) is 25.3 Å². The quantitative estimate of drug-likeness (QED) is 0.843. The van der Waals surface area contributed by atoms with Crippen LogP contribution in [0.1, 0.15) is 5.56 Å². The van der Waals surface area contributed by atoms with Crippen LogP contribution in [-0.4, -0.2) is 26.1 Å². The van der Waals surface area contributed by atoms with Gasteiger partial charge in [0.2, 0.25) is 0 Å². The van der Waals surface area contributed by atoms with Crippen molar-refractivity contribution in [3.63, 3.8) is 0 Å². The molecule has 0 aliphatic carbocycles. The molecular weight excluding hydrogens is 249 g/mol. The van der Waals surface area contributed by atoms with E-state index in [-0.39, 0.29) is 18.3 Å². The lowest BCUT2D eigenvalue weighted by molar-refractivity contribution is -0.274. The molecule has 0 aliphatic rings. The largest absolute Gasteiger partial charge is 0.573 e. The fourth-order valence-corrected chi connectivity index (χ4v) is 1.48. The number of alkyl halides is 3. The van der Waals surface area contributed by atoms with Crippen molar-refractivity contribution in [2.24, 2.45) is 11.5 Å². The molecule has 7 heteroatoms. The number of hydrogen-bond acceptors (Lipinski definition) is 4. The molecule has 1 aromatic carbocycles. The van der Waals surface area contributed by atoms with Crippen molar-refractivity contribution in [1.82, 2.24) is 0 Å². The second kappa shape index (κ2) is 5.92. The number of benzene rings is 1. The first kappa shape index (κ1) is 14.6. The Morgan fingerprint density at radius 3 is 2.50 bits per heavy atom. The summed E-state index contributed by atoms with van der Waals surface area (Å²) in [7, 11) is 1.43. The lowest BCUT2D eigenvalue weighted by Crippen LogP contribution is -2.31. The fourth-order valence-electron chi connectivity index (χ4n) is 1.48. The Morgan fingerprint density at radius 1 is 1.33 bits per heavy atom. The van der Waals surface area contributed by atoms with Crippen LogP contribution in [0.15, 0.2) is 18.2 Å². The van der Waals surface area contributed by atoms with Crippen LogP contribution in [0.25, 0.3) is 0 Å². The fraction of sp³-hybridized carbons (Fsp3) is 0.455. The summed E-state index contributed by atoms with van der Waals surface area (Å²) in [5.74, 6) is 0.149. The van der Waals surface area contributed by atoms with Gasteiger partial charge in [0.1, 0.15) is 11.5 Å². The Bertz CT molecular complexity index is 396. The Balaban J connectivity index is 2.94. The van der Waals surface area contributed by atoms with E-state index < -0.39 is 6.36 Å². The average Bonchev–Trinajstić information content (AvgIpc) is 2.27. The minimum Gasteiger partial charge on any atom is -0.496 e. The van der Waals surface area contributed by atoms with Crippen LogP contribution in [0.4, 0.5) is 13.2 Å². The Labute approximate surface area is 103 Å². The van der Waals surface area contributed by atoms with Gasteiger partial charge in [0.25, 0.3) is 0 Å². The van der Waals surface area contributed by atoms with Gasteiger partial charge in [-0.1, -0.05) is 0 Å². The molecular formula is C11H15F3N2O2. The molecule has 0 aliphatic heterocycles. The molecule has 0 spiro atoms. The van der Waals surface area contributed by atoms with E-state index in [9.17, 15) is 13.2 Å². The van der Waals surface area contributed by atoms with Crippen molar-refractivity contribution in [1.29, 1.82) is 0 Å². The van der Waals surface area contributed by atoms with Gasteiger partial charge in [-0.2, -0.15) is 0 Å². The molecule has 18 heavy (non-hydrogen) atoms. The lowest BCUT2D eigenvalue weighted by atomic mass is 10.1. The van der Waals surface area contributed by atoms with Crippen LogP contribution in [-0.2, 0) is 6.42 Å². The normalized spacial score (nSPS) is 13.2. The minimum absolute atomic E-state index is 0.230. The van der Waals surface area contributed by atoms with Gasteiger partial charge >= 0.3 is 6.36 Å². The molecule has 0 saturated heterocycles. The first-order valence-corrected chi connectivity index (χ1v) is 5.24. The van der Waals surface area contributed by atoms with Crippen LogP contribution in [0.2, 0.25) is 0 Å². The van der Waals surface area contributed by atoms with E-state index in [4.69, 9.17) is 16.2 Å². The Kier molecular flexibility index (Phi) is 4.80. The smallest absolute Gasteiger partial charge is 0.496 e. The van der Waals surface area contributed by atoms with Crippen molar-refractivity contribution < 1.29 is 22.6 Å². The molecule has 0 bridgehead atoms. The molecule has 0 fully saturated rings. The van der Waals surface area contributed by atoms with E-state index in [1.54, 1.807) is 0 Å². The van der Waals surface area contributed by atoms with Crippen LogP contribution >= 0.6 is 0 Å². The third kappa shape index (κ3) is 4.42. The Hall–Kier alpha value is -1.47. The molecule has 1 aromatic rings. The number of halogens is 3. The zero-order valence-corrected chi connectivity index (χ0v) is 9.83. The maximum Gasteiger partial charge on any atom is 0.573 e. The van der Waals surface area contributed by atoms with Gasteiger partial charge in [-0.3, -0.25) is 0 Å². The van der Waals surface area contributed by atoms with Gasteiger partial charge in [-0.15, -0.1) is 13.2 Å². The van der Waals surface area contributed by atoms with Gasteiger partial charge in [-0.25, -0.2) is 0 Å². The maximum atomic E-state index is 12.1. The van der Waals surface area contributed by atoms with Crippen molar-refractivity contribution in [3.8, 4) is 11.5 Å². The summed E-state index contributed by atoms with van der Waals surface area (Å²) in [5, 5.41) is 0. The van der Waals surface area contributed by atoms with Gasteiger partial charge < -0.3 is 20.9 Å². The average molecular weight is 264 g/mol. The highest BCUT2D eigenvalue weighted by Crippen LogP contribution is 2.28. The number of rotatable bonds is 5. The van der Waals surface area contributed by atoms with Gasteiger partial charge in [0, 0.05) is 12.6 Å². The molecule has 1 atom stereocenters. The van der Waals surface area contributed by atoms with Crippen molar-refractivity contribution in [2.75, 3.05) is 13.7 Å². The molecule has 0 saturated carbocycles. The summed E-state index contributed by atoms with van der Waals surface area (Å²) >= 11 is 0. The number of nitrogens with two attached hydrogens (primary N) is 2. The van der Waals surface area contributed by atoms with Crippen molar-refractivity contribution >= 4 is 0 Å². The SMILES string of the molecule is COc1ccc(OC(F)(F)F)cc1CC(N)CN. The highest BCUT2D eigenvalue weighted by molar-refractivity contribution is 5.40.